The molecule has 2 nitrogen and oxygen atoms in total. The molecule has 0 bridgehead atoms. The quantitative estimate of drug-likeness (QED) is 0.854. The van der Waals surface area contributed by atoms with E-state index in [0.29, 0.717) is 12.1 Å². The number of rotatable bonds is 6. The van der Waals surface area contributed by atoms with Crippen molar-refractivity contribution in [1.82, 2.24) is 5.32 Å². The summed E-state index contributed by atoms with van der Waals surface area (Å²) in [5, 5.41) is 3.55. The van der Waals surface area contributed by atoms with Crippen molar-refractivity contribution in [3.8, 4) is 16.9 Å². The van der Waals surface area contributed by atoms with Crippen molar-refractivity contribution in [2.45, 2.75) is 38.3 Å². The van der Waals surface area contributed by atoms with Crippen LogP contribution < -0.4 is 10.1 Å². The predicted octanol–water partition coefficient (Wildman–Crippen LogP) is 4.26. The number of hydrogen-bond donors (Lipinski definition) is 1. The molecule has 1 aliphatic carbocycles. The summed E-state index contributed by atoms with van der Waals surface area (Å²) in [6, 6.07) is 19.4. The number of nitrogens with one attached hydrogen (secondary N) is 1. The Morgan fingerprint density at radius 3 is 2.48 bits per heavy atom. The van der Waals surface area contributed by atoms with Gasteiger partial charge in [-0.2, -0.15) is 0 Å². The van der Waals surface area contributed by atoms with Crippen LogP contribution in [0.1, 0.15) is 26.2 Å². The van der Waals surface area contributed by atoms with Gasteiger partial charge in [0, 0.05) is 11.6 Å². The maximum Gasteiger partial charge on any atom is 0.127 e. The summed E-state index contributed by atoms with van der Waals surface area (Å²) < 4.78 is 6.21. The average Bonchev–Trinajstić information content (AvgIpc) is 2.51. The number of benzene rings is 2. The molecule has 0 heterocycles. The molecule has 1 N–H and O–H groups in total. The van der Waals surface area contributed by atoms with Crippen molar-refractivity contribution >= 4 is 0 Å². The first-order valence-electron chi connectivity index (χ1n) is 7.91. The zero-order valence-corrected chi connectivity index (χ0v) is 12.6. The molecule has 0 spiro atoms. The molecule has 0 unspecified atom stereocenters. The minimum absolute atomic E-state index is 0.351. The fourth-order valence-electron chi connectivity index (χ4n) is 2.78. The molecule has 2 aromatic carbocycles. The van der Waals surface area contributed by atoms with E-state index in [2.05, 4.69) is 54.7 Å². The largest absolute Gasteiger partial charge is 0.490 e. The monoisotopic (exact) mass is 281 g/mol. The van der Waals surface area contributed by atoms with Gasteiger partial charge in [0.1, 0.15) is 11.9 Å². The van der Waals surface area contributed by atoms with Crippen LogP contribution in [0, 0.1) is 0 Å². The third kappa shape index (κ3) is 3.45. The molecule has 21 heavy (non-hydrogen) atoms. The molecule has 0 atom stereocenters. The van der Waals surface area contributed by atoms with Gasteiger partial charge in [-0.15, -0.1) is 0 Å². The lowest BCUT2D eigenvalue weighted by molar-refractivity contribution is 0.0858. The van der Waals surface area contributed by atoms with Crippen LogP contribution in [0.3, 0.4) is 0 Å². The second kappa shape index (κ2) is 6.77. The van der Waals surface area contributed by atoms with Gasteiger partial charge in [0.15, 0.2) is 0 Å². The molecule has 0 aliphatic heterocycles. The maximum absolute atomic E-state index is 6.21. The lowest BCUT2D eigenvalue weighted by Gasteiger charge is -2.36. The molecule has 0 saturated heterocycles. The van der Waals surface area contributed by atoms with Crippen molar-refractivity contribution in [2.75, 3.05) is 6.54 Å². The Balaban J connectivity index is 1.65. The maximum atomic E-state index is 6.21. The van der Waals surface area contributed by atoms with Crippen LogP contribution in [-0.2, 0) is 0 Å². The van der Waals surface area contributed by atoms with Crippen LogP contribution in [0.25, 0.3) is 11.1 Å². The predicted molar refractivity (Wildman–Crippen MR) is 87.6 cm³/mol. The third-order valence-electron chi connectivity index (χ3n) is 4.04. The van der Waals surface area contributed by atoms with Crippen LogP contribution in [0.2, 0.25) is 0 Å². The van der Waals surface area contributed by atoms with Gasteiger partial charge in [0.25, 0.3) is 0 Å². The summed E-state index contributed by atoms with van der Waals surface area (Å²) in [5.74, 6) is 1.00. The van der Waals surface area contributed by atoms with E-state index in [1.54, 1.807) is 0 Å². The minimum atomic E-state index is 0.351. The number of para-hydroxylation sites is 1. The van der Waals surface area contributed by atoms with Crippen molar-refractivity contribution < 1.29 is 4.74 Å². The topological polar surface area (TPSA) is 21.3 Å². The van der Waals surface area contributed by atoms with Gasteiger partial charge in [-0.05, 0) is 37.4 Å². The van der Waals surface area contributed by atoms with Crippen LogP contribution in [0.5, 0.6) is 5.75 Å². The molecule has 0 aromatic heterocycles. The van der Waals surface area contributed by atoms with E-state index in [-0.39, 0.29) is 0 Å². The summed E-state index contributed by atoms with van der Waals surface area (Å²) in [7, 11) is 0. The van der Waals surface area contributed by atoms with Crippen LogP contribution in [0.4, 0.5) is 0 Å². The summed E-state index contributed by atoms with van der Waals surface area (Å²) in [4.78, 5) is 0. The Morgan fingerprint density at radius 2 is 1.71 bits per heavy atom. The van der Waals surface area contributed by atoms with Crippen molar-refractivity contribution in [3.05, 3.63) is 54.6 Å². The van der Waals surface area contributed by atoms with Gasteiger partial charge in [-0.1, -0.05) is 55.5 Å². The van der Waals surface area contributed by atoms with Crippen LogP contribution >= 0.6 is 0 Å². The van der Waals surface area contributed by atoms with Crippen molar-refractivity contribution in [3.63, 3.8) is 0 Å². The molecule has 1 aliphatic rings. The smallest absolute Gasteiger partial charge is 0.127 e. The first kappa shape index (κ1) is 14.2. The van der Waals surface area contributed by atoms with Gasteiger partial charge in [-0.3, -0.25) is 0 Å². The Morgan fingerprint density at radius 1 is 1.00 bits per heavy atom. The molecule has 0 radical (unpaired) electrons. The first-order chi connectivity index (χ1) is 10.4. The van der Waals surface area contributed by atoms with E-state index in [0.717, 1.165) is 25.1 Å². The molecular formula is C19H23NO. The number of ether oxygens (including phenoxy) is 1. The standard InChI is InChI=1S/C19H23NO/c1-2-12-20-16-13-17(14-16)21-19-11-7-6-10-18(19)15-8-4-3-5-9-15/h3-11,16-17,20H,2,12-14H2,1H3. The van der Waals surface area contributed by atoms with E-state index in [4.69, 9.17) is 4.74 Å². The van der Waals surface area contributed by atoms with Gasteiger partial charge in [0.2, 0.25) is 0 Å². The van der Waals surface area contributed by atoms with Gasteiger partial charge in [-0.25, -0.2) is 0 Å². The molecule has 1 fully saturated rings. The summed E-state index contributed by atoms with van der Waals surface area (Å²) >= 11 is 0. The normalized spacial score (nSPS) is 20.8. The van der Waals surface area contributed by atoms with Crippen molar-refractivity contribution in [2.24, 2.45) is 0 Å². The summed E-state index contributed by atoms with van der Waals surface area (Å²) in [6.45, 7) is 3.31. The van der Waals surface area contributed by atoms with Gasteiger partial charge in [0.05, 0.1) is 0 Å². The second-order valence-electron chi connectivity index (χ2n) is 5.72. The fraction of sp³-hybridized carbons (Fsp3) is 0.368. The van der Waals surface area contributed by atoms with E-state index < -0.39 is 0 Å². The van der Waals surface area contributed by atoms with E-state index >= 15 is 0 Å². The highest BCUT2D eigenvalue weighted by molar-refractivity contribution is 5.70. The average molecular weight is 281 g/mol. The van der Waals surface area contributed by atoms with Gasteiger partial charge >= 0.3 is 0 Å². The van der Waals surface area contributed by atoms with Crippen LogP contribution in [-0.4, -0.2) is 18.7 Å². The molecule has 1 saturated carbocycles. The van der Waals surface area contributed by atoms with Gasteiger partial charge < -0.3 is 10.1 Å². The lowest BCUT2D eigenvalue weighted by Crippen LogP contribution is -2.47. The lowest BCUT2D eigenvalue weighted by atomic mass is 9.89. The molecule has 0 amide bonds. The highest BCUT2D eigenvalue weighted by Gasteiger charge is 2.30. The summed E-state index contributed by atoms with van der Waals surface area (Å²) in [6.07, 6.45) is 3.77. The Labute approximate surface area is 127 Å². The Bertz CT molecular complexity index is 561. The van der Waals surface area contributed by atoms with E-state index in [9.17, 15) is 0 Å². The fourth-order valence-corrected chi connectivity index (χ4v) is 2.78. The van der Waals surface area contributed by atoms with E-state index in [1.807, 2.05) is 12.1 Å². The third-order valence-corrected chi connectivity index (χ3v) is 4.04. The Kier molecular flexibility index (Phi) is 4.56. The molecule has 3 rings (SSSR count). The highest BCUT2D eigenvalue weighted by atomic mass is 16.5. The summed E-state index contributed by atoms with van der Waals surface area (Å²) in [5.41, 5.74) is 2.40. The minimum Gasteiger partial charge on any atom is -0.490 e. The first-order valence-corrected chi connectivity index (χ1v) is 7.91. The molecule has 2 aromatic rings. The number of hydrogen-bond acceptors (Lipinski definition) is 2. The second-order valence-corrected chi connectivity index (χ2v) is 5.72. The Hall–Kier alpha value is -1.80. The highest BCUT2D eigenvalue weighted by Crippen LogP contribution is 2.33. The zero-order valence-electron chi connectivity index (χ0n) is 12.6. The molecule has 2 heteroatoms. The van der Waals surface area contributed by atoms with Crippen molar-refractivity contribution in [1.29, 1.82) is 0 Å². The van der Waals surface area contributed by atoms with Crippen LogP contribution in [0.15, 0.2) is 54.6 Å². The molecule has 110 valence electrons. The molecular weight excluding hydrogens is 258 g/mol. The SMILES string of the molecule is CCCNC1CC(Oc2ccccc2-c2ccccc2)C1. The van der Waals surface area contributed by atoms with E-state index in [1.165, 1.54) is 17.5 Å². The zero-order chi connectivity index (χ0) is 14.5.